The van der Waals surface area contributed by atoms with Crippen molar-refractivity contribution in [2.45, 2.75) is 64.2 Å². The Morgan fingerprint density at radius 1 is 0.759 bits per heavy atom. The van der Waals surface area contributed by atoms with Crippen LogP contribution in [0.2, 0.25) is 19.6 Å². The van der Waals surface area contributed by atoms with Crippen LogP contribution in [-0.2, 0) is 0 Å². The van der Waals surface area contributed by atoms with E-state index in [1.165, 1.54) is 42.5 Å². The minimum absolute atomic E-state index is 0.631. The molecule has 1 nitrogen and oxygen atoms in total. The highest BCUT2D eigenvalue weighted by molar-refractivity contribution is 7.07. The Labute approximate surface area is 179 Å². The number of hydrogen-bond donors (Lipinski definition) is 1. The van der Waals surface area contributed by atoms with Crippen LogP contribution in [0.15, 0.2) is 83.2 Å². The van der Waals surface area contributed by atoms with Crippen LogP contribution in [0.3, 0.4) is 0 Å². The number of benzene rings is 2. The van der Waals surface area contributed by atoms with Crippen molar-refractivity contribution in [1.29, 1.82) is 0 Å². The molecule has 0 heterocycles. The molecule has 0 aliphatic heterocycles. The highest BCUT2D eigenvalue weighted by atomic mass is 28.3. The van der Waals surface area contributed by atoms with Gasteiger partial charge in [0.15, 0.2) is 0 Å². The smallest absolute Gasteiger partial charge is 0.218 e. The molecule has 1 saturated carbocycles. The Kier molecular flexibility index (Phi) is 6.09. The highest BCUT2D eigenvalue weighted by Gasteiger charge is 2.46. The van der Waals surface area contributed by atoms with Gasteiger partial charge in [-0.25, -0.2) is 0 Å². The van der Waals surface area contributed by atoms with Crippen LogP contribution in [-0.4, -0.2) is 22.4 Å². The van der Waals surface area contributed by atoms with Crippen molar-refractivity contribution >= 4 is 26.7 Å². The molecule has 29 heavy (non-hydrogen) atoms. The molecule has 1 fully saturated rings. The number of nitrogens with one attached hydrogen (secondary N) is 1. The summed E-state index contributed by atoms with van der Waals surface area (Å²) in [6.45, 7) is 7.52. The van der Waals surface area contributed by atoms with Crippen LogP contribution in [0.4, 0.5) is 0 Å². The van der Waals surface area contributed by atoms with Crippen LogP contribution in [0.1, 0.15) is 38.5 Å². The lowest BCUT2D eigenvalue weighted by atomic mass is 9.96. The third-order valence-corrected chi connectivity index (χ3v) is 13.6. The predicted molar refractivity (Wildman–Crippen MR) is 132 cm³/mol. The van der Waals surface area contributed by atoms with E-state index in [0.717, 1.165) is 6.42 Å². The molecular formula is C26H35NSi2. The molecule has 0 bridgehead atoms. The minimum atomic E-state index is -2.27. The summed E-state index contributed by atoms with van der Waals surface area (Å²) in [5, 5.41) is 6.44. The van der Waals surface area contributed by atoms with E-state index in [4.69, 9.17) is 0 Å². The largest absolute Gasteiger partial charge is 0.324 e. The van der Waals surface area contributed by atoms with Gasteiger partial charge < -0.3 is 4.98 Å². The van der Waals surface area contributed by atoms with Crippen LogP contribution in [0.5, 0.6) is 0 Å². The Morgan fingerprint density at radius 2 is 1.31 bits per heavy atom. The molecule has 2 aromatic rings. The third kappa shape index (κ3) is 4.14. The molecule has 2 aliphatic rings. The van der Waals surface area contributed by atoms with Crippen molar-refractivity contribution in [3.8, 4) is 0 Å². The van der Waals surface area contributed by atoms with Crippen molar-refractivity contribution in [2.75, 3.05) is 0 Å². The molecular weight excluding hydrogens is 382 g/mol. The van der Waals surface area contributed by atoms with Gasteiger partial charge in [-0.2, -0.15) is 0 Å². The van der Waals surface area contributed by atoms with Gasteiger partial charge in [-0.05, 0) is 29.6 Å². The topological polar surface area (TPSA) is 12.0 Å². The Hall–Kier alpha value is -1.69. The fourth-order valence-electron chi connectivity index (χ4n) is 5.26. The SMILES string of the molecule is C[Si](C)(C)C1=C([Si](NC2CCCCC2)(c2ccccc2)c2ccccc2)CC=C1. The monoisotopic (exact) mass is 417 g/mol. The fourth-order valence-corrected chi connectivity index (χ4v) is 13.3. The summed E-state index contributed by atoms with van der Waals surface area (Å²) in [6, 6.07) is 23.5. The van der Waals surface area contributed by atoms with E-state index < -0.39 is 16.3 Å². The average molecular weight is 418 g/mol. The van der Waals surface area contributed by atoms with Gasteiger partial charge in [-0.1, -0.05) is 122 Å². The third-order valence-electron chi connectivity index (χ3n) is 6.63. The van der Waals surface area contributed by atoms with Gasteiger partial charge in [0.1, 0.15) is 0 Å². The summed E-state index contributed by atoms with van der Waals surface area (Å²) < 4.78 is 0. The summed E-state index contributed by atoms with van der Waals surface area (Å²) in [4.78, 5) is 4.41. The summed E-state index contributed by atoms with van der Waals surface area (Å²) >= 11 is 0. The zero-order valence-electron chi connectivity index (χ0n) is 18.2. The first-order chi connectivity index (χ1) is 14.0. The molecule has 1 N–H and O–H groups in total. The zero-order valence-corrected chi connectivity index (χ0v) is 20.2. The van der Waals surface area contributed by atoms with E-state index in [9.17, 15) is 0 Å². The van der Waals surface area contributed by atoms with Crippen LogP contribution in [0, 0.1) is 0 Å². The predicted octanol–water partition coefficient (Wildman–Crippen LogP) is 5.34. The maximum atomic E-state index is 4.41. The first kappa shape index (κ1) is 20.6. The molecule has 4 rings (SSSR count). The molecule has 3 heteroatoms. The molecule has 0 atom stereocenters. The van der Waals surface area contributed by atoms with Crippen LogP contribution >= 0.6 is 0 Å². The van der Waals surface area contributed by atoms with E-state index >= 15 is 0 Å². The Bertz CT molecular complexity index is 832. The molecule has 0 aromatic heterocycles. The van der Waals surface area contributed by atoms with E-state index in [-0.39, 0.29) is 0 Å². The lowest BCUT2D eigenvalue weighted by Crippen LogP contribution is -2.73. The van der Waals surface area contributed by atoms with Gasteiger partial charge in [0.25, 0.3) is 0 Å². The molecule has 0 spiro atoms. The van der Waals surface area contributed by atoms with Crippen molar-refractivity contribution < 1.29 is 0 Å². The zero-order chi connectivity index (χ0) is 20.3. The molecule has 0 unspecified atom stereocenters. The highest BCUT2D eigenvalue weighted by Crippen LogP contribution is 2.34. The fraction of sp³-hybridized carbons (Fsp3) is 0.385. The molecule has 0 saturated heterocycles. The Balaban J connectivity index is 1.96. The van der Waals surface area contributed by atoms with E-state index in [1.54, 1.807) is 10.4 Å². The van der Waals surface area contributed by atoms with Crippen molar-refractivity contribution in [2.24, 2.45) is 0 Å². The molecule has 0 radical (unpaired) electrons. The second kappa shape index (κ2) is 8.59. The quantitative estimate of drug-likeness (QED) is 0.625. The van der Waals surface area contributed by atoms with Crippen molar-refractivity contribution in [3.63, 3.8) is 0 Å². The lowest BCUT2D eigenvalue weighted by molar-refractivity contribution is 0.416. The normalized spacial score (nSPS) is 18.4. The summed E-state index contributed by atoms with van der Waals surface area (Å²) in [6.07, 6.45) is 12.8. The molecule has 2 aromatic carbocycles. The standard InChI is InChI=1S/C26H35NSi2/c1-28(2,3)25-20-13-21-26(25)29(23-16-9-5-10-17-23,24-18-11-6-12-19-24)27-22-14-7-4-8-15-22/h5-6,9-13,16-20,22,27H,4,7-8,14-15,21H2,1-3H3. The van der Waals surface area contributed by atoms with Crippen molar-refractivity contribution in [1.82, 2.24) is 4.98 Å². The second-order valence-corrected chi connectivity index (χ2v) is 18.3. The van der Waals surface area contributed by atoms with Crippen molar-refractivity contribution in [3.05, 3.63) is 83.2 Å². The minimum Gasteiger partial charge on any atom is -0.324 e. The van der Waals surface area contributed by atoms with Crippen LogP contribution in [0.25, 0.3) is 0 Å². The van der Waals surface area contributed by atoms with Gasteiger partial charge in [-0.15, -0.1) is 0 Å². The van der Waals surface area contributed by atoms with E-state index in [1.807, 2.05) is 0 Å². The Morgan fingerprint density at radius 3 is 1.83 bits per heavy atom. The summed E-state index contributed by atoms with van der Waals surface area (Å²) in [7, 11) is -3.71. The van der Waals surface area contributed by atoms with Gasteiger partial charge in [0.2, 0.25) is 8.24 Å². The average Bonchev–Trinajstić information content (AvgIpc) is 3.25. The van der Waals surface area contributed by atoms with E-state index in [2.05, 4.69) is 97.4 Å². The first-order valence-electron chi connectivity index (χ1n) is 11.3. The van der Waals surface area contributed by atoms with Gasteiger partial charge in [0, 0.05) is 6.04 Å². The number of rotatable bonds is 6. The molecule has 2 aliphatic carbocycles. The maximum Gasteiger partial charge on any atom is 0.218 e. The first-order valence-corrected chi connectivity index (χ1v) is 16.8. The van der Waals surface area contributed by atoms with Gasteiger partial charge in [0.05, 0.1) is 8.07 Å². The lowest BCUT2D eigenvalue weighted by Gasteiger charge is -2.41. The summed E-state index contributed by atoms with van der Waals surface area (Å²) in [5.41, 5.74) is 0. The second-order valence-electron chi connectivity index (χ2n) is 9.71. The number of hydrogen-bond acceptors (Lipinski definition) is 1. The van der Waals surface area contributed by atoms with Crippen LogP contribution < -0.4 is 15.4 Å². The van der Waals surface area contributed by atoms with Gasteiger partial charge >= 0.3 is 0 Å². The maximum absolute atomic E-state index is 4.41. The number of allylic oxidation sites excluding steroid dienone is 4. The van der Waals surface area contributed by atoms with E-state index in [0.29, 0.717) is 6.04 Å². The molecule has 0 amide bonds. The molecule has 152 valence electrons. The summed E-state index contributed by atoms with van der Waals surface area (Å²) in [5.74, 6) is 0. The van der Waals surface area contributed by atoms with Gasteiger partial charge in [-0.3, -0.25) is 0 Å².